The van der Waals surface area contributed by atoms with Crippen molar-refractivity contribution in [2.45, 2.75) is 38.8 Å². The molecule has 0 radical (unpaired) electrons. The summed E-state index contributed by atoms with van der Waals surface area (Å²) in [7, 11) is 3.91. The Labute approximate surface area is 185 Å². The van der Waals surface area contributed by atoms with Crippen molar-refractivity contribution >= 4 is 41.7 Å². The average molecular weight is 501 g/mol. The molecule has 0 saturated heterocycles. The Morgan fingerprint density at radius 3 is 2.48 bits per heavy atom. The van der Waals surface area contributed by atoms with Crippen molar-refractivity contribution < 1.29 is 0 Å². The van der Waals surface area contributed by atoms with Gasteiger partial charge in [0.15, 0.2) is 5.96 Å². The molecule has 1 unspecified atom stereocenters. The summed E-state index contributed by atoms with van der Waals surface area (Å²) >= 11 is 1.76. The van der Waals surface area contributed by atoms with Crippen LogP contribution in [0.2, 0.25) is 0 Å². The van der Waals surface area contributed by atoms with Gasteiger partial charge in [-0.05, 0) is 49.8 Å². The van der Waals surface area contributed by atoms with Crippen LogP contribution in [-0.2, 0) is 13.1 Å². The SMILES string of the molecule is CN=C(NCC(C)Cn1nc(C)cc1C)N(C)Cc1ccc(SC)cc1.I. The lowest BCUT2D eigenvalue weighted by molar-refractivity contribution is 0.418. The van der Waals surface area contributed by atoms with Crippen LogP contribution < -0.4 is 5.32 Å². The molecule has 2 aromatic rings. The standard InChI is InChI=1S/C20H31N5S.HI/c1-15(13-25-17(3)11-16(2)23-25)12-22-20(21-4)24(5)14-18-7-9-19(26-6)10-8-18;/h7-11,15H,12-14H2,1-6H3,(H,21,22);1H. The first kappa shape index (κ1) is 23.8. The lowest BCUT2D eigenvalue weighted by atomic mass is 10.2. The maximum Gasteiger partial charge on any atom is 0.193 e. The number of rotatable bonds is 7. The van der Waals surface area contributed by atoms with Crippen LogP contribution in [0.4, 0.5) is 0 Å². The van der Waals surface area contributed by atoms with E-state index in [9.17, 15) is 0 Å². The highest BCUT2D eigenvalue weighted by Gasteiger charge is 2.11. The number of halogens is 1. The largest absolute Gasteiger partial charge is 0.356 e. The minimum absolute atomic E-state index is 0. The molecule has 1 aromatic heterocycles. The fourth-order valence-electron chi connectivity index (χ4n) is 2.95. The second kappa shape index (κ2) is 11.6. The van der Waals surface area contributed by atoms with E-state index < -0.39 is 0 Å². The van der Waals surface area contributed by atoms with Crippen molar-refractivity contribution in [2.75, 3.05) is 26.9 Å². The monoisotopic (exact) mass is 501 g/mol. The molecule has 7 heteroatoms. The molecule has 1 atom stereocenters. The van der Waals surface area contributed by atoms with Gasteiger partial charge in [-0.15, -0.1) is 35.7 Å². The number of guanidine groups is 1. The molecule has 1 heterocycles. The second-order valence-electron chi connectivity index (χ2n) is 6.85. The highest BCUT2D eigenvalue weighted by molar-refractivity contribution is 14.0. The van der Waals surface area contributed by atoms with Gasteiger partial charge >= 0.3 is 0 Å². The summed E-state index contributed by atoms with van der Waals surface area (Å²) in [5.74, 6) is 1.37. The predicted molar refractivity (Wildman–Crippen MR) is 127 cm³/mol. The summed E-state index contributed by atoms with van der Waals surface area (Å²) in [5, 5.41) is 8.04. The molecular weight excluding hydrogens is 469 g/mol. The Kier molecular flexibility index (Phi) is 10.2. The van der Waals surface area contributed by atoms with Crippen molar-refractivity contribution in [1.82, 2.24) is 20.0 Å². The quantitative estimate of drug-likeness (QED) is 0.268. The summed E-state index contributed by atoms with van der Waals surface area (Å²) in [6, 6.07) is 10.8. The van der Waals surface area contributed by atoms with E-state index in [0.29, 0.717) is 5.92 Å². The number of nitrogens with zero attached hydrogens (tertiary/aromatic N) is 4. The van der Waals surface area contributed by atoms with E-state index in [2.05, 4.69) is 82.5 Å². The van der Waals surface area contributed by atoms with E-state index in [0.717, 1.165) is 31.3 Å². The van der Waals surface area contributed by atoms with Gasteiger partial charge in [0.1, 0.15) is 0 Å². The zero-order chi connectivity index (χ0) is 19.1. The molecule has 0 saturated carbocycles. The van der Waals surface area contributed by atoms with Crippen LogP contribution in [0.3, 0.4) is 0 Å². The zero-order valence-corrected chi connectivity index (χ0v) is 20.3. The van der Waals surface area contributed by atoms with E-state index >= 15 is 0 Å². The van der Waals surface area contributed by atoms with Gasteiger partial charge in [-0.3, -0.25) is 9.67 Å². The van der Waals surface area contributed by atoms with E-state index in [1.165, 1.54) is 16.2 Å². The Morgan fingerprint density at radius 2 is 1.96 bits per heavy atom. The fourth-order valence-corrected chi connectivity index (χ4v) is 3.36. The lowest BCUT2D eigenvalue weighted by Crippen LogP contribution is -2.40. The first-order chi connectivity index (χ1) is 12.4. The van der Waals surface area contributed by atoms with Gasteiger partial charge in [-0.1, -0.05) is 19.1 Å². The fraction of sp³-hybridized carbons (Fsp3) is 0.500. The molecule has 150 valence electrons. The molecule has 0 aliphatic carbocycles. The summed E-state index contributed by atoms with van der Waals surface area (Å²) in [5.41, 5.74) is 3.57. The second-order valence-corrected chi connectivity index (χ2v) is 7.73. The number of thioether (sulfide) groups is 1. The van der Waals surface area contributed by atoms with Crippen LogP contribution in [0.25, 0.3) is 0 Å². The number of nitrogens with one attached hydrogen (secondary N) is 1. The number of aryl methyl sites for hydroxylation is 2. The van der Waals surface area contributed by atoms with Crippen LogP contribution in [0.15, 0.2) is 40.2 Å². The van der Waals surface area contributed by atoms with Crippen molar-refractivity contribution in [1.29, 1.82) is 0 Å². The highest BCUT2D eigenvalue weighted by atomic mass is 127. The molecule has 5 nitrogen and oxygen atoms in total. The molecule has 0 spiro atoms. The third kappa shape index (κ3) is 7.37. The topological polar surface area (TPSA) is 45.5 Å². The van der Waals surface area contributed by atoms with E-state index in [1.807, 2.05) is 14.0 Å². The van der Waals surface area contributed by atoms with Crippen LogP contribution in [0.5, 0.6) is 0 Å². The zero-order valence-electron chi connectivity index (χ0n) is 17.2. The smallest absolute Gasteiger partial charge is 0.193 e. The van der Waals surface area contributed by atoms with Crippen LogP contribution >= 0.6 is 35.7 Å². The van der Waals surface area contributed by atoms with Crippen LogP contribution in [-0.4, -0.2) is 47.5 Å². The Balaban J connectivity index is 0.00000364. The summed E-state index contributed by atoms with van der Waals surface area (Å²) in [6.07, 6.45) is 2.10. The maximum absolute atomic E-state index is 4.55. The Hall–Kier alpha value is -1.22. The van der Waals surface area contributed by atoms with E-state index in [4.69, 9.17) is 0 Å². The molecule has 0 aliphatic heterocycles. The summed E-state index contributed by atoms with van der Waals surface area (Å²) in [4.78, 5) is 7.87. The molecule has 0 fully saturated rings. The number of hydrogen-bond acceptors (Lipinski definition) is 3. The number of benzene rings is 1. The molecule has 0 bridgehead atoms. The van der Waals surface area contributed by atoms with Gasteiger partial charge in [-0.25, -0.2) is 0 Å². The first-order valence-corrected chi connectivity index (χ1v) is 10.2. The van der Waals surface area contributed by atoms with Gasteiger partial charge in [0.05, 0.1) is 5.69 Å². The van der Waals surface area contributed by atoms with Gasteiger partial charge in [0, 0.05) is 44.3 Å². The molecule has 1 N–H and O–H groups in total. The molecule has 27 heavy (non-hydrogen) atoms. The van der Waals surface area contributed by atoms with Crippen LogP contribution in [0.1, 0.15) is 23.9 Å². The molecule has 2 rings (SSSR count). The van der Waals surface area contributed by atoms with Crippen molar-refractivity contribution in [3.05, 3.63) is 47.3 Å². The van der Waals surface area contributed by atoms with Gasteiger partial charge in [0.2, 0.25) is 0 Å². The van der Waals surface area contributed by atoms with E-state index in [-0.39, 0.29) is 24.0 Å². The number of aliphatic imine (C=N–C) groups is 1. The molecule has 1 aromatic carbocycles. The first-order valence-electron chi connectivity index (χ1n) is 8.98. The van der Waals surface area contributed by atoms with Gasteiger partial charge in [-0.2, -0.15) is 5.10 Å². The van der Waals surface area contributed by atoms with Gasteiger partial charge in [0.25, 0.3) is 0 Å². The minimum atomic E-state index is 0. The Bertz CT molecular complexity index is 726. The molecule has 0 aliphatic rings. The van der Waals surface area contributed by atoms with Crippen LogP contribution in [0, 0.1) is 19.8 Å². The van der Waals surface area contributed by atoms with Crippen molar-refractivity contribution in [2.24, 2.45) is 10.9 Å². The maximum atomic E-state index is 4.55. The third-order valence-corrected chi connectivity index (χ3v) is 5.09. The van der Waals surface area contributed by atoms with Crippen molar-refractivity contribution in [3.8, 4) is 0 Å². The minimum Gasteiger partial charge on any atom is -0.356 e. The third-order valence-electron chi connectivity index (χ3n) is 4.35. The Morgan fingerprint density at radius 1 is 1.30 bits per heavy atom. The predicted octanol–water partition coefficient (Wildman–Crippen LogP) is 4.18. The normalized spacial score (nSPS) is 12.4. The molecular formula is C20H32IN5S. The highest BCUT2D eigenvalue weighted by Crippen LogP contribution is 2.15. The number of hydrogen-bond donors (Lipinski definition) is 1. The van der Waals surface area contributed by atoms with E-state index in [1.54, 1.807) is 11.8 Å². The average Bonchev–Trinajstić information content (AvgIpc) is 2.93. The summed E-state index contributed by atoms with van der Waals surface area (Å²) < 4.78 is 2.08. The van der Waals surface area contributed by atoms with Gasteiger partial charge < -0.3 is 10.2 Å². The number of aromatic nitrogens is 2. The van der Waals surface area contributed by atoms with Crippen molar-refractivity contribution in [3.63, 3.8) is 0 Å². The summed E-state index contributed by atoms with van der Waals surface area (Å²) in [6.45, 7) is 8.98. The molecule has 0 amide bonds. The lowest BCUT2D eigenvalue weighted by Gasteiger charge is -2.24.